The Bertz CT molecular complexity index is 269. The zero-order valence-corrected chi connectivity index (χ0v) is 10.6. The van der Waals surface area contributed by atoms with Gasteiger partial charge in [-0.1, -0.05) is 32.6 Å². The predicted molar refractivity (Wildman–Crippen MR) is 63.5 cm³/mol. The smallest absolute Gasteiger partial charge is 0.320 e. The van der Waals surface area contributed by atoms with Crippen molar-refractivity contribution in [2.75, 3.05) is 0 Å². The highest BCUT2D eigenvalue weighted by molar-refractivity contribution is 5.93. The van der Waals surface area contributed by atoms with Gasteiger partial charge in [-0.05, 0) is 25.7 Å². The second-order valence-corrected chi connectivity index (χ2v) is 4.93. The quantitative estimate of drug-likeness (QED) is 0.574. The van der Waals surface area contributed by atoms with E-state index in [2.05, 4.69) is 0 Å². The van der Waals surface area contributed by atoms with E-state index in [1.807, 2.05) is 6.92 Å². The first-order valence-corrected chi connectivity index (χ1v) is 6.47. The third-order valence-electron chi connectivity index (χ3n) is 3.52. The zero-order chi connectivity index (χ0) is 12.8. The maximum Gasteiger partial charge on any atom is 0.320 e. The minimum Gasteiger partial charge on any atom is -0.481 e. The van der Waals surface area contributed by atoms with Gasteiger partial charge in [0.2, 0.25) is 0 Å². The predicted octanol–water partition coefficient (Wildman–Crippen LogP) is 2.61. The number of carbonyl (C=O) groups excluding carboxylic acids is 1. The fraction of sp³-hybridized carbons (Fsp3) is 0.846. The zero-order valence-electron chi connectivity index (χ0n) is 10.6. The third kappa shape index (κ3) is 4.36. The van der Waals surface area contributed by atoms with Gasteiger partial charge in [0.15, 0.2) is 5.92 Å². The Morgan fingerprint density at radius 3 is 2.41 bits per heavy atom. The van der Waals surface area contributed by atoms with Crippen molar-refractivity contribution in [2.24, 2.45) is 11.8 Å². The Labute approximate surface area is 102 Å². The number of rotatable bonds is 6. The number of carboxylic acids is 1. The lowest BCUT2D eigenvalue weighted by Crippen LogP contribution is -2.30. The second-order valence-electron chi connectivity index (χ2n) is 4.93. The van der Waals surface area contributed by atoms with Crippen molar-refractivity contribution in [3.05, 3.63) is 0 Å². The van der Waals surface area contributed by atoms with Crippen molar-refractivity contribution in [1.29, 1.82) is 0 Å². The third-order valence-corrected chi connectivity index (χ3v) is 3.52. The maximum absolute atomic E-state index is 11.7. The Kier molecular flexibility index (Phi) is 5.45. The molecule has 1 rings (SSSR count). The average Bonchev–Trinajstić information content (AvgIpc) is 2.77. The molecule has 1 aliphatic rings. The first kappa shape index (κ1) is 14.0. The van der Waals surface area contributed by atoms with Gasteiger partial charge in [-0.25, -0.2) is 0 Å². The van der Waals surface area contributed by atoms with E-state index in [0.717, 1.165) is 25.7 Å². The molecule has 4 nitrogen and oxygen atoms in total. The Hall–Kier alpha value is -1.06. The molecule has 0 heterocycles. The summed E-state index contributed by atoms with van der Waals surface area (Å²) in [6.45, 7) is 3.69. The van der Waals surface area contributed by atoms with E-state index in [4.69, 9.17) is 9.84 Å². The summed E-state index contributed by atoms with van der Waals surface area (Å²) in [6, 6.07) is 0. The van der Waals surface area contributed by atoms with E-state index in [1.54, 1.807) is 6.92 Å². The number of esters is 1. The molecule has 0 bridgehead atoms. The minimum atomic E-state index is -1.05. The van der Waals surface area contributed by atoms with Crippen molar-refractivity contribution in [2.45, 2.75) is 58.5 Å². The van der Waals surface area contributed by atoms with E-state index in [0.29, 0.717) is 18.8 Å². The molecule has 1 aliphatic carbocycles. The monoisotopic (exact) mass is 242 g/mol. The van der Waals surface area contributed by atoms with E-state index in [-0.39, 0.29) is 6.10 Å². The molecular formula is C13H22O4. The summed E-state index contributed by atoms with van der Waals surface area (Å²) in [7, 11) is 0. The van der Waals surface area contributed by atoms with E-state index >= 15 is 0 Å². The van der Waals surface area contributed by atoms with E-state index in [9.17, 15) is 9.59 Å². The molecule has 0 amide bonds. The van der Waals surface area contributed by atoms with Gasteiger partial charge in [0.25, 0.3) is 0 Å². The second kappa shape index (κ2) is 6.62. The molecule has 4 heteroatoms. The molecule has 0 aromatic rings. The van der Waals surface area contributed by atoms with Crippen molar-refractivity contribution < 1.29 is 19.4 Å². The summed E-state index contributed by atoms with van der Waals surface area (Å²) >= 11 is 0. The van der Waals surface area contributed by atoms with Crippen molar-refractivity contribution >= 4 is 11.9 Å². The van der Waals surface area contributed by atoms with Gasteiger partial charge in [0.1, 0.15) is 0 Å². The van der Waals surface area contributed by atoms with Crippen LogP contribution in [-0.2, 0) is 14.3 Å². The minimum absolute atomic E-state index is 0.201. The van der Waals surface area contributed by atoms with Crippen LogP contribution in [0.5, 0.6) is 0 Å². The first-order chi connectivity index (χ1) is 8.04. The molecule has 0 saturated heterocycles. The van der Waals surface area contributed by atoms with Crippen LogP contribution in [0.3, 0.4) is 0 Å². The first-order valence-electron chi connectivity index (χ1n) is 6.47. The molecule has 0 radical (unpaired) electrons. The molecule has 0 aliphatic heterocycles. The topological polar surface area (TPSA) is 63.6 Å². The number of hydrogen-bond acceptors (Lipinski definition) is 3. The molecule has 0 aromatic heterocycles. The number of carboxylic acid groups (broad SMARTS) is 1. The van der Waals surface area contributed by atoms with Crippen molar-refractivity contribution in [3.63, 3.8) is 0 Å². The number of aliphatic carboxylic acids is 1. The highest BCUT2D eigenvalue weighted by Gasteiger charge is 2.32. The highest BCUT2D eigenvalue weighted by atomic mass is 16.5. The fourth-order valence-electron chi connectivity index (χ4n) is 2.24. The van der Waals surface area contributed by atoms with Gasteiger partial charge in [0.05, 0.1) is 6.10 Å². The van der Waals surface area contributed by atoms with Crippen LogP contribution in [0.2, 0.25) is 0 Å². The molecule has 98 valence electrons. The van der Waals surface area contributed by atoms with Gasteiger partial charge in [0, 0.05) is 0 Å². The highest BCUT2D eigenvalue weighted by Crippen LogP contribution is 2.31. The van der Waals surface area contributed by atoms with Crippen LogP contribution in [0.25, 0.3) is 0 Å². The van der Waals surface area contributed by atoms with Crippen LogP contribution in [-0.4, -0.2) is 23.1 Å². The van der Waals surface area contributed by atoms with E-state index < -0.39 is 17.9 Å². The molecular weight excluding hydrogens is 220 g/mol. The lowest BCUT2D eigenvalue weighted by atomic mass is 9.93. The molecule has 1 N–H and O–H groups in total. The maximum atomic E-state index is 11.7. The number of hydrogen-bond donors (Lipinski definition) is 1. The van der Waals surface area contributed by atoms with Crippen molar-refractivity contribution in [3.8, 4) is 0 Å². The van der Waals surface area contributed by atoms with Gasteiger partial charge >= 0.3 is 11.9 Å². The summed E-state index contributed by atoms with van der Waals surface area (Å²) in [6.07, 6.45) is 5.33. The normalized spacial score (nSPS) is 19.9. The Morgan fingerprint density at radius 1 is 1.35 bits per heavy atom. The van der Waals surface area contributed by atoms with Crippen LogP contribution in [0, 0.1) is 11.8 Å². The van der Waals surface area contributed by atoms with Gasteiger partial charge in [-0.3, -0.25) is 9.59 Å². The van der Waals surface area contributed by atoms with Crippen LogP contribution in [0.1, 0.15) is 52.4 Å². The molecule has 1 fully saturated rings. The van der Waals surface area contributed by atoms with Crippen LogP contribution >= 0.6 is 0 Å². The summed E-state index contributed by atoms with van der Waals surface area (Å²) < 4.78 is 5.11. The van der Waals surface area contributed by atoms with E-state index in [1.165, 1.54) is 0 Å². The molecule has 2 atom stereocenters. The lowest BCUT2D eigenvalue weighted by Gasteiger charge is -2.18. The number of ether oxygens (including phenoxy) is 1. The Morgan fingerprint density at radius 2 is 1.94 bits per heavy atom. The Balaban J connectivity index is 2.52. The molecule has 2 unspecified atom stereocenters. The summed E-state index contributed by atoms with van der Waals surface area (Å²) in [5, 5.41) is 9.09. The fourth-order valence-corrected chi connectivity index (χ4v) is 2.24. The largest absolute Gasteiger partial charge is 0.481 e. The SMILES string of the molecule is CCC(C)OC(=O)C(CC1CCCC1)C(=O)O. The average molecular weight is 242 g/mol. The van der Waals surface area contributed by atoms with Gasteiger partial charge < -0.3 is 9.84 Å². The van der Waals surface area contributed by atoms with Crippen LogP contribution in [0.15, 0.2) is 0 Å². The molecule has 1 saturated carbocycles. The summed E-state index contributed by atoms with van der Waals surface area (Å²) in [5.41, 5.74) is 0. The van der Waals surface area contributed by atoms with Crippen LogP contribution < -0.4 is 0 Å². The summed E-state index contributed by atoms with van der Waals surface area (Å²) in [5.74, 6) is -2.23. The molecule has 0 aromatic carbocycles. The van der Waals surface area contributed by atoms with Crippen molar-refractivity contribution in [1.82, 2.24) is 0 Å². The van der Waals surface area contributed by atoms with Crippen LogP contribution in [0.4, 0.5) is 0 Å². The molecule has 0 spiro atoms. The lowest BCUT2D eigenvalue weighted by molar-refractivity contribution is -0.162. The van der Waals surface area contributed by atoms with Gasteiger partial charge in [-0.15, -0.1) is 0 Å². The van der Waals surface area contributed by atoms with Gasteiger partial charge in [-0.2, -0.15) is 0 Å². The summed E-state index contributed by atoms with van der Waals surface area (Å²) in [4.78, 5) is 22.8. The standard InChI is InChI=1S/C13H22O4/c1-3-9(2)17-13(16)11(12(14)15)8-10-6-4-5-7-10/h9-11H,3-8H2,1-2H3,(H,14,15). The molecule has 17 heavy (non-hydrogen) atoms. The number of carbonyl (C=O) groups is 2.